The standard InChI is InChI=1S/C18H18BrNO2/c19-17-8-6-14(7-9-17)15-10-12-20(13-11-15)22-18(21)16-4-2-1-3-5-16/h1-9,15H,10-13H2. The summed E-state index contributed by atoms with van der Waals surface area (Å²) in [6, 6.07) is 17.6. The molecule has 2 aromatic rings. The van der Waals surface area contributed by atoms with Crippen LogP contribution in [0, 0.1) is 0 Å². The maximum atomic E-state index is 12.0. The quantitative estimate of drug-likeness (QED) is 0.813. The smallest absolute Gasteiger partial charge is 0.357 e. The van der Waals surface area contributed by atoms with E-state index >= 15 is 0 Å². The van der Waals surface area contributed by atoms with E-state index in [1.54, 1.807) is 17.2 Å². The van der Waals surface area contributed by atoms with E-state index in [0.29, 0.717) is 11.5 Å². The van der Waals surface area contributed by atoms with E-state index < -0.39 is 0 Å². The number of hydrogen-bond donors (Lipinski definition) is 0. The average molecular weight is 360 g/mol. The van der Waals surface area contributed by atoms with Crippen LogP contribution in [-0.2, 0) is 4.84 Å². The van der Waals surface area contributed by atoms with Crippen LogP contribution in [-0.4, -0.2) is 24.1 Å². The molecule has 114 valence electrons. The summed E-state index contributed by atoms with van der Waals surface area (Å²) in [5.41, 5.74) is 1.95. The average Bonchev–Trinajstić information content (AvgIpc) is 2.57. The van der Waals surface area contributed by atoms with Crippen molar-refractivity contribution in [2.45, 2.75) is 18.8 Å². The zero-order chi connectivity index (χ0) is 15.4. The van der Waals surface area contributed by atoms with Crippen molar-refractivity contribution in [2.75, 3.05) is 13.1 Å². The predicted octanol–water partition coefficient (Wildman–Crippen LogP) is 4.40. The number of halogens is 1. The molecular formula is C18H18BrNO2. The van der Waals surface area contributed by atoms with Crippen LogP contribution in [0.3, 0.4) is 0 Å². The molecule has 3 nitrogen and oxygen atoms in total. The molecule has 0 aromatic heterocycles. The van der Waals surface area contributed by atoms with E-state index in [0.717, 1.165) is 30.4 Å². The van der Waals surface area contributed by atoms with Gasteiger partial charge in [0.25, 0.3) is 0 Å². The predicted molar refractivity (Wildman–Crippen MR) is 89.5 cm³/mol. The van der Waals surface area contributed by atoms with Crippen molar-refractivity contribution >= 4 is 21.9 Å². The third-order valence-electron chi connectivity index (χ3n) is 4.02. The normalized spacial score (nSPS) is 16.4. The first-order valence-electron chi connectivity index (χ1n) is 7.50. The van der Waals surface area contributed by atoms with Crippen molar-refractivity contribution in [1.82, 2.24) is 5.06 Å². The second-order valence-corrected chi connectivity index (χ2v) is 6.42. The highest BCUT2D eigenvalue weighted by molar-refractivity contribution is 9.10. The Hall–Kier alpha value is -1.65. The summed E-state index contributed by atoms with van der Waals surface area (Å²) in [4.78, 5) is 17.5. The maximum absolute atomic E-state index is 12.0. The molecule has 0 unspecified atom stereocenters. The lowest BCUT2D eigenvalue weighted by Gasteiger charge is -2.30. The lowest BCUT2D eigenvalue weighted by molar-refractivity contribution is -0.121. The summed E-state index contributed by atoms with van der Waals surface area (Å²) < 4.78 is 1.10. The van der Waals surface area contributed by atoms with Gasteiger partial charge in [0.2, 0.25) is 0 Å². The van der Waals surface area contributed by atoms with Crippen LogP contribution in [0.25, 0.3) is 0 Å². The highest BCUT2D eigenvalue weighted by Gasteiger charge is 2.23. The summed E-state index contributed by atoms with van der Waals surface area (Å²) in [5, 5.41) is 1.78. The van der Waals surface area contributed by atoms with Crippen molar-refractivity contribution in [3.8, 4) is 0 Å². The van der Waals surface area contributed by atoms with Gasteiger partial charge in [0.05, 0.1) is 5.56 Å². The largest absolute Gasteiger partial charge is 0.364 e. The monoisotopic (exact) mass is 359 g/mol. The van der Waals surface area contributed by atoms with Crippen LogP contribution in [0.2, 0.25) is 0 Å². The van der Waals surface area contributed by atoms with Crippen molar-refractivity contribution in [3.05, 3.63) is 70.2 Å². The van der Waals surface area contributed by atoms with E-state index in [1.807, 2.05) is 18.2 Å². The van der Waals surface area contributed by atoms with Crippen LogP contribution in [0.1, 0.15) is 34.7 Å². The molecule has 0 atom stereocenters. The van der Waals surface area contributed by atoms with Gasteiger partial charge in [0.15, 0.2) is 0 Å². The highest BCUT2D eigenvalue weighted by Crippen LogP contribution is 2.29. The van der Waals surface area contributed by atoms with Crippen molar-refractivity contribution < 1.29 is 9.63 Å². The van der Waals surface area contributed by atoms with Crippen LogP contribution in [0.15, 0.2) is 59.1 Å². The minimum Gasteiger partial charge on any atom is -0.364 e. The molecule has 3 rings (SSSR count). The minimum absolute atomic E-state index is 0.275. The molecule has 0 radical (unpaired) electrons. The van der Waals surface area contributed by atoms with E-state index in [1.165, 1.54) is 5.56 Å². The number of piperidine rings is 1. The van der Waals surface area contributed by atoms with E-state index in [9.17, 15) is 4.79 Å². The van der Waals surface area contributed by atoms with Gasteiger partial charge in [-0.25, -0.2) is 4.79 Å². The molecular weight excluding hydrogens is 342 g/mol. The lowest BCUT2D eigenvalue weighted by atomic mass is 9.90. The lowest BCUT2D eigenvalue weighted by Crippen LogP contribution is -2.35. The first-order valence-corrected chi connectivity index (χ1v) is 8.29. The molecule has 0 aliphatic carbocycles. The molecule has 1 heterocycles. The summed E-state index contributed by atoms with van der Waals surface area (Å²) in [6.45, 7) is 1.55. The first kappa shape index (κ1) is 15.3. The Labute approximate surface area is 139 Å². The van der Waals surface area contributed by atoms with Gasteiger partial charge in [-0.1, -0.05) is 46.3 Å². The molecule has 1 saturated heterocycles. The number of nitrogens with zero attached hydrogens (tertiary/aromatic N) is 1. The number of hydroxylamine groups is 2. The molecule has 22 heavy (non-hydrogen) atoms. The molecule has 0 N–H and O–H groups in total. The molecule has 0 bridgehead atoms. The molecule has 0 saturated carbocycles. The van der Waals surface area contributed by atoms with Crippen molar-refractivity contribution in [3.63, 3.8) is 0 Å². The van der Waals surface area contributed by atoms with Gasteiger partial charge in [-0.2, -0.15) is 0 Å². The second-order valence-electron chi connectivity index (χ2n) is 5.50. The zero-order valence-electron chi connectivity index (χ0n) is 12.2. The molecule has 0 spiro atoms. The zero-order valence-corrected chi connectivity index (χ0v) is 13.8. The van der Waals surface area contributed by atoms with Crippen LogP contribution >= 0.6 is 15.9 Å². The van der Waals surface area contributed by atoms with Gasteiger partial charge in [0, 0.05) is 17.6 Å². The maximum Gasteiger partial charge on any atom is 0.357 e. The number of carbonyl (C=O) groups is 1. The van der Waals surface area contributed by atoms with E-state index in [4.69, 9.17) is 4.84 Å². The van der Waals surface area contributed by atoms with Crippen molar-refractivity contribution in [1.29, 1.82) is 0 Å². The topological polar surface area (TPSA) is 29.5 Å². The third-order valence-corrected chi connectivity index (χ3v) is 4.55. The minimum atomic E-state index is -0.275. The summed E-state index contributed by atoms with van der Waals surface area (Å²) in [5.74, 6) is 0.266. The van der Waals surface area contributed by atoms with Crippen LogP contribution in [0.5, 0.6) is 0 Å². The van der Waals surface area contributed by atoms with Gasteiger partial charge >= 0.3 is 5.97 Å². The SMILES string of the molecule is O=C(ON1CCC(c2ccc(Br)cc2)CC1)c1ccccc1. The molecule has 4 heteroatoms. The molecule has 1 aliphatic rings. The first-order chi connectivity index (χ1) is 10.7. The van der Waals surface area contributed by atoms with Gasteiger partial charge in [-0.15, -0.1) is 5.06 Å². The van der Waals surface area contributed by atoms with Gasteiger partial charge < -0.3 is 4.84 Å². The van der Waals surface area contributed by atoms with E-state index in [-0.39, 0.29) is 5.97 Å². The summed E-state index contributed by atoms with van der Waals surface area (Å²) in [7, 11) is 0. The van der Waals surface area contributed by atoms with E-state index in [2.05, 4.69) is 40.2 Å². The second kappa shape index (κ2) is 7.07. The molecule has 1 aliphatic heterocycles. The molecule has 2 aromatic carbocycles. The fourth-order valence-corrected chi connectivity index (χ4v) is 3.02. The Morgan fingerprint density at radius 3 is 2.27 bits per heavy atom. The number of rotatable bonds is 3. The van der Waals surface area contributed by atoms with Crippen LogP contribution < -0.4 is 0 Å². The Kier molecular flexibility index (Phi) is 4.90. The highest BCUT2D eigenvalue weighted by atomic mass is 79.9. The van der Waals surface area contributed by atoms with Gasteiger partial charge in [0.1, 0.15) is 0 Å². The van der Waals surface area contributed by atoms with Crippen molar-refractivity contribution in [2.24, 2.45) is 0 Å². The Morgan fingerprint density at radius 2 is 1.64 bits per heavy atom. The number of hydrogen-bond acceptors (Lipinski definition) is 3. The number of benzene rings is 2. The van der Waals surface area contributed by atoms with Gasteiger partial charge in [-0.05, 0) is 48.6 Å². The summed E-state index contributed by atoms with van der Waals surface area (Å²) >= 11 is 3.46. The fourth-order valence-electron chi connectivity index (χ4n) is 2.76. The number of carbonyl (C=O) groups excluding carboxylic acids is 1. The third kappa shape index (κ3) is 3.76. The molecule has 1 fully saturated rings. The van der Waals surface area contributed by atoms with Gasteiger partial charge in [-0.3, -0.25) is 0 Å². The Balaban J connectivity index is 1.53. The fraction of sp³-hybridized carbons (Fsp3) is 0.278. The summed E-state index contributed by atoms with van der Waals surface area (Å²) in [6.07, 6.45) is 2.01. The molecule has 0 amide bonds. The Morgan fingerprint density at radius 1 is 1.00 bits per heavy atom. The Bertz CT molecular complexity index is 619. The van der Waals surface area contributed by atoms with Crippen LogP contribution in [0.4, 0.5) is 0 Å².